The number of halogens is 3. The molecule has 1 rings (SSSR count). The fourth-order valence-electron chi connectivity index (χ4n) is 1.37. The van der Waals surface area contributed by atoms with E-state index in [-0.39, 0.29) is 5.13 Å². The van der Waals surface area contributed by atoms with Gasteiger partial charge in [0.1, 0.15) is 5.01 Å². The van der Waals surface area contributed by atoms with Gasteiger partial charge in [-0.3, -0.25) is 5.32 Å². The van der Waals surface area contributed by atoms with Gasteiger partial charge in [0.15, 0.2) is 6.10 Å². The zero-order valence-corrected chi connectivity index (χ0v) is 12.5. The van der Waals surface area contributed by atoms with Gasteiger partial charge in [-0.15, -0.1) is 10.2 Å². The summed E-state index contributed by atoms with van der Waals surface area (Å²) in [5.74, 6) is 0. The van der Waals surface area contributed by atoms with Crippen molar-refractivity contribution in [3.05, 3.63) is 5.01 Å². The maximum atomic E-state index is 12.2. The van der Waals surface area contributed by atoms with Crippen LogP contribution < -0.4 is 5.32 Å². The summed E-state index contributed by atoms with van der Waals surface area (Å²) in [7, 11) is 1.16. The Labute approximate surface area is 124 Å². The predicted octanol–water partition coefficient (Wildman–Crippen LogP) is 2.27. The number of aliphatic hydroxyl groups is 1. The van der Waals surface area contributed by atoms with Crippen molar-refractivity contribution < 1.29 is 23.1 Å². The summed E-state index contributed by atoms with van der Waals surface area (Å²) in [6.45, 7) is 1.18. The van der Waals surface area contributed by atoms with E-state index in [2.05, 4.69) is 15.5 Å². The number of aliphatic hydroxyl groups excluding tert-OH is 1. The average molecular weight is 326 g/mol. The van der Waals surface area contributed by atoms with Crippen molar-refractivity contribution >= 4 is 22.5 Å². The molecule has 1 aromatic heterocycles. The highest BCUT2D eigenvalue weighted by molar-refractivity contribution is 7.15. The summed E-state index contributed by atoms with van der Waals surface area (Å²) >= 11 is 1.18. The zero-order chi connectivity index (χ0) is 16.0. The summed E-state index contributed by atoms with van der Waals surface area (Å²) in [6.07, 6.45) is -4.65. The molecule has 1 unspecified atom stereocenters. The summed E-state index contributed by atoms with van der Waals surface area (Å²) in [5.41, 5.74) is 0. The number of likely N-dealkylation sites (N-methyl/N-ethyl adjacent to an activating group) is 1. The van der Waals surface area contributed by atoms with Crippen LogP contribution in [0.4, 0.5) is 23.1 Å². The first-order chi connectivity index (χ1) is 9.74. The zero-order valence-electron chi connectivity index (χ0n) is 11.6. The van der Waals surface area contributed by atoms with Crippen molar-refractivity contribution in [2.24, 2.45) is 0 Å². The third kappa shape index (κ3) is 5.84. The van der Waals surface area contributed by atoms with Gasteiger partial charge < -0.3 is 10.0 Å². The Bertz CT molecular complexity index is 467. The number of alkyl halides is 3. The first-order valence-corrected chi connectivity index (χ1v) is 7.15. The van der Waals surface area contributed by atoms with Crippen LogP contribution in [0.5, 0.6) is 0 Å². The number of unbranched alkanes of at least 4 members (excludes halogenated alkanes) is 1. The minimum atomic E-state index is -4.76. The molecule has 120 valence electrons. The lowest BCUT2D eigenvalue weighted by Gasteiger charge is -2.22. The van der Waals surface area contributed by atoms with E-state index >= 15 is 0 Å². The third-order valence-corrected chi connectivity index (χ3v) is 3.49. The smallest absolute Gasteiger partial charge is 0.382 e. The van der Waals surface area contributed by atoms with Crippen molar-refractivity contribution in [1.29, 1.82) is 0 Å². The van der Waals surface area contributed by atoms with E-state index in [1.54, 1.807) is 0 Å². The second kappa shape index (κ2) is 7.55. The number of aryl methyl sites for hydroxylation is 1. The van der Waals surface area contributed by atoms with Gasteiger partial charge in [0.25, 0.3) is 0 Å². The Morgan fingerprint density at radius 2 is 2.14 bits per heavy atom. The van der Waals surface area contributed by atoms with Crippen molar-refractivity contribution in [2.75, 3.05) is 18.9 Å². The van der Waals surface area contributed by atoms with Crippen LogP contribution in [-0.4, -0.2) is 52.1 Å². The quantitative estimate of drug-likeness (QED) is 0.840. The Balaban J connectivity index is 2.50. The minimum Gasteiger partial charge on any atom is -0.382 e. The van der Waals surface area contributed by atoms with Gasteiger partial charge in [-0.1, -0.05) is 24.7 Å². The lowest BCUT2D eigenvalue weighted by atomic mass is 10.3. The van der Waals surface area contributed by atoms with Gasteiger partial charge in [-0.25, -0.2) is 4.79 Å². The Kier molecular flexibility index (Phi) is 6.34. The Hall–Kier alpha value is -1.42. The van der Waals surface area contributed by atoms with Crippen LogP contribution >= 0.6 is 11.3 Å². The van der Waals surface area contributed by atoms with Gasteiger partial charge in [0.05, 0.1) is 6.54 Å². The fourth-order valence-corrected chi connectivity index (χ4v) is 2.14. The van der Waals surface area contributed by atoms with E-state index in [4.69, 9.17) is 5.11 Å². The van der Waals surface area contributed by atoms with E-state index in [0.29, 0.717) is 0 Å². The number of hydrogen-bond donors (Lipinski definition) is 2. The van der Waals surface area contributed by atoms with Gasteiger partial charge in [-0.05, 0) is 6.42 Å². The molecule has 21 heavy (non-hydrogen) atoms. The molecule has 1 heterocycles. The normalized spacial score (nSPS) is 13.0. The molecular weight excluding hydrogens is 309 g/mol. The lowest BCUT2D eigenvalue weighted by molar-refractivity contribution is -0.205. The highest BCUT2D eigenvalue weighted by atomic mass is 32.1. The van der Waals surface area contributed by atoms with E-state index in [1.807, 2.05) is 6.92 Å². The maximum absolute atomic E-state index is 12.2. The van der Waals surface area contributed by atoms with Crippen molar-refractivity contribution in [1.82, 2.24) is 15.1 Å². The number of nitrogens with one attached hydrogen (secondary N) is 1. The molecule has 2 N–H and O–H groups in total. The van der Waals surface area contributed by atoms with Crippen LogP contribution in [0.15, 0.2) is 0 Å². The summed E-state index contributed by atoms with van der Waals surface area (Å²) in [6, 6.07) is -0.781. The van der Waals surface area contributed by atoms with Crippen LogP contribution in [0.1, 0.15) is 24.8 Å². The van der Waals surface area contributed by atoms with E-state index in [1.165, 1.54) is 11.3 Å². The molecule has 0 bridgehead atoms. The number of hydrogen-bond acceptors (Lipinski definition) is 5. The van der Waals surface area contributed by atoms with Gasteiger partial charge in [-0.2, -0.15) is 13.2 Å². The molecule has 0 saturated carbocycles. The molecule has 10 heteroatoms. The number of aromatic nitrogens is 2. The molecule has 0 aliphatic rings. The topological polar surface area (TPSA) is 78.4 Å². The van der Waals surface area contributed by atoms with Crippen molar-refractivity contribution in [3.63, 3.8) is 0 Å². The first-order valence-electron chi connectivity index (χ1n) is 6.33. The largest absolute Gasteiger partial charge is 0.416 e. The molecule has 0 aliphatic carbocycles. The molecule has 0 aliphatic heterocycles. The lowest BCUT2D eigenvalue weighted by Crippen LogP contribution is -2.43. The Morgan fingerprint density at radius 1 is 1.48 bits per heavy atom. The average Bonchev–Trinajstić information content (AvgIpc) is 2.82. The van der Waals surface area contributed by atoms with E-state index in [9.17, 15) is 18.0 Å². The molecule has 0 spiro atoms. The second-order valence-corrected chi connectivity index (χ2v) is 5.53. The highest BCUT2D eigenvalue weighted by Gasteiger charge is 2.39. The number of carbonyl (C=O) groups is 1. The van der Waals surface area contributed by atoms with Crippen LogP contribution in [0.3, 0.4) is 0 Å². The molecule has 0 aromatic carbocycles. The van der Waals surface area contributed by atoms with Crippen LogP contribution in [0, 0.1) is 0 Å². The van der Waals surface area contributed by atoms with E-state index < -0.39 is 24.9 Å². The maximum Gasteiger partial charge on any atom is 0.416 e. The van der Waals surface area contributed by atoms with Gasteiger partial charge in [0, 0.05) is 13.5 Å². The van der Waals surface area contributed by atoms with Crippen LogP contribution in [0.25, 0.3) is 0 Å². The molecular formula is C11H17F3N4O2S. The molecule has 2 amide bonds. The molecule has 0 fully saturated rings. The van der Waals surface area contributed by atoms with Crippen molar-refractivity contribution in [3.8, 4) is 0 Å². The van der Waals surface area contributed by atoms with Crippen LogP contribution in [0.2, 0.25) is 0 Å². The molecule has 0 saturated heterocycles. The standard InChI is InChI=1S/C11H17F3N4O2S/c1-3-4-5-8-16-17-9(21-8)15-10(20)18(2)6-7(19)11(12,13)14/h7,19H,3-6H2,1-2H3,(H,15,17,20). The fraction of sp³-hybridized carbons (Fsp3) is 0.727. The predicted molar refractivity (Wildman–Crippen MR) is 72.2 cm³/mol. The van der Waals surface area contributed by atoms with E-state index in [0.717, 1.165) is 36.2 Å². The number of anilines is 1. The number of rotatable bonds is 6. The number of urea groups is 1. The minimum absolute atomic E-state index is 0.222. The third-order valence-electron chi connectivity index (χ3n) is 2.60. The number of amides is 2. The SMILES string of the molecule is CCCCc1nnc(NC(=O)N(C)CC(O)C(F)(F)F)s1. The molecule has 1 aromatic rings. The number of carbonyl (C=O) groups excluding carboxylic acids is 1. The first kappa shape index (κ1) is 17.6. The molecule has 0 radical (unpaired) electrons. The van der Waals surface area contributed by atoms with Crippen molar-refractivity contribution in [2.45, 2.75) is 38.5 Å². The summed E-state index contributed by atoms with van der Waals surface area (Å²) < 4.78 is 36.6. The second-order valence-electron chi connectivity index (χ2n) is 4.47. The Morgan fingerprint density at radius 3 is 2.71 bits per heavy atom. The van der Waals surface area contributed by atoms with Crippen LogP contribution in [-0.2, 0) is 6.42 Å². The van der Waals surface area contributed by atoms with Gasteiger partial charge in [0.2, 0.25) is 5.13 Å². The summed E-state index contributed by atoms with van der Waals surface area (Å²) in [5, 5.41) is 19.8. The van der Waals surface area contributed by atoms with Gasteiger partial charge >= 0.3 is 12.2 Å². The number of nitrogens with zero attached hydrogens (tertiary/aromatic N) is 3. The monoisotopic (exact) mass is 326 g/mol. The molecule has 6 nitrogen and oxygen atoms in total. The molecule has 1 atom stereocenters. The summed E-state index contributed by atoms with van der Waals surface area (Å²) in [4.78, 5) is 12.4. The highest BCUT2D eigenvalue weighted by Crippen LogP contribution is 2.21.